The molecule has 2 aromatic carbocycles. The van der Waals surface area contributed by atoms with E-state index in [1.165, 1.54) is 11.1 Å². The fraction of sp³-hybridized carbons (Fsp3) is 0.250. The molecule has 4 rings (SSSR count). The number of Topliss-reactive ketones (excluding diaryl/α,β-unsaturated/α-hetero) is 1. The highest BCUT2D eigenvalue weighted by atomic mass is 35.5. The Hall–Kier alpha value is -2.06. The minimum absolute atomic E-state index is 0.117. The highest BCUT2D eigenvalue weighted by Gasteiger charge is 2.37. The summed E-state index contributed by atoms with van der Waals surface area (Å²) in [6.07, 6.45) is 5.60. The van der Waals surface area contributed by atoms with Crippen molar-refractivity contribution in [1.29, 1.82) is 0 Å². The molecule has 2 nitrogen and oxygen atoms in total. The average Bonchev–Trinajstić information content (AvgIpc) is 3.04. The largest absolute Gasteiger partial charge is 0.378 e. The van der Waals surface area contributed by atoms with Gasteiger partial charge in [-0.05, 0) is 60.7 Å². The number of anilines is 1. The van der Waals surface area contributed by atoms with Crippen LogP contribution < -0.4 is 5.32 Å². The van der Waals surface area contributed by atoms with Crippen molar-refractivity contribution in [2.24, 2.45) is 5.92 Å². The second-order valence-electron chi connectivity index (χ2n) is 6.39. The van der Waals surface area contributed by atoms with Crippen LogP contribution in [0.1, 0.15) is 46.8 Å². The zero-order valence-corrected chi connectivity index (χ0v) is 13.7. The minimum atomic E-state index is 0.117. The van der Waals surface area contributed by atoms with Crippen molar-refractivity contribution in [3.63, 3.8) is 0 Å². The molecule has 1 aliphatic heterocycles. The fourth-order valence-electron chi connectivity index (χ4n) is 3.81. The maximum Gasteiger partial charge on any atom is 0.159 e. The fourth-order valence-corrected chi connectivity index (χ4v) is 3.94. The summed E-state index contributed by atoms with van der Waals surface area (Å²) in [7, 11) is 0. The van der Waals surface area contributed by atoms with Crippen LogP contribution in [0.2, 0.25) is 5.02 Å². The van der Waals surface area contributed by atoms with Crippen LogP contribution in [-0.2, 0) is 0 Å². The highest BCUT2D eigenvalue weighted by Crippen LogP contribution is 2.49. The molecule has 0 saturated carbocycles. The van der Waals surface area contributed by atoms with Crippen LogP contribution in [0.15, 0.2) is 54.6 Å². The van der Waals surface area contributed by atoms with Gasteiger partial charge in [-0.3, -0.25) is 4.79 Å². The van der Waals surface area contributed by atoms with Crippen molar-refractivity contribution in [2.45, 2.75) is 25.3 Å². The smallest absolute Gasteiger partial charge is 0.159 e. The SMILES string of the molecule is CC(=O)c1ccc2c(c1)[C@@H]1C=CC[C@@H]1[C@H](c1ccc(Cl)cc1)N2. The lowest BCUT2D eigenvalue weighted by atomic mass is 9.76. The standard InChI is InChI=1S/C20H18ClNO/c1-12(23)14-7-10-19-18(11-14)16-3-2-4-17(16)20(22-19)13-5-8-15(21)9-6-13/h2-3,5-11,16-17,20,22H,4H2,1H3/t16-,17+,20+/m1/s1. The summed E-state index contributed by atoms with van der Waals surface area (Å²) in [6.45, 7) is 1.62. The summed E-state index contributed by atoms with van der Waals surface area (Å²) in [5.41, 5.74) is 4.41. The minimum Gasteiger partial charge on any atom is -0.378 e. The summed E-state index contributed by atoms with van der Waals surface area (Å²) in [5, 5.41) is 4.44. The molecule has 0 bridgehead atoms. The van der Waals surface area contributed by atoms with Gasteiger partial charge in [0.25, 0.3) is 0 Å². The third-order valence-electron chi connectivity index (χ3n) is 5.00. The van der Waals surface area contributed by atoms with E-state index in [0.29, 0.717) is 11.8 Å². The van der Waals surface area contributed by atoms with Crippen molar-refractivity contribution in [1.82, 2.24) is 0 Å². The molecule has 2 aromatic rings. The van der Waals surface area contributed by atoms with Crippen molar-refractivity contribution in [3.05, 3.63) is 76.3 Å². The first-order chi connectivity index (χ1) is 11.1. The van der Waals surface area contributed by atoms with Crippen molar-refractivity contribution in [2.75, 3.05) is 5.32 Å². The molecule has 0 saturated heterocycles. The molecule has 23 heavy (non-hydrogen) atoms. The number of ketones is 1. The van der Waals surface area contributed by atoms with Gasteiger partial charge in [0.1, 0.15) is 0 Å². The summed E-state index contributed by atoms with van der Waals surface area (Å²) in [6, 6.07) is 14.4. The Labute approximate surface area is 141 Å². The Morgan fingerprint density at radius 3 is 2.70 bits per heavy atom. The van der Waals surface area contributed by atoms with Crippen LogP contribution in [0, 0.1) is 5.92 Å². The van der Waals surface area contributed by atoms with Gasteiger partial charge in [-0.1, -0.05) is 35.9 Å². The van der Waals surface area contributed by atoms with Gasteiger partial charge in [-0.15, -0.1) is 0 Å². The molecule has 0 aromatic heterocycles. The molecule has 1 N–H and O–H groups in total. The first-order valence-corrected chi connectivity index (χ1v) is 8.35. The first kappa shape index (κ1) is 14.5. The number of halogens is 1. The summed E-state index contributed by atoms with van der Waals surface area (Å²) in [5.74, 6) is 0.961. The van der Waals surface area contributed by atoms with E-state index < -0.39 is 0 Å². The van der Waals surface area contributed by atoms with E-state index in [4.69, 9.17) is 11.6 Å². The van der Waals surface area contributed by atoms with Gasteiger partial charge in [-0.2, -0.15) is 0 Å². The Bertz CT molecular complexity index is 794. The Balaban J connectivity index is 1.77. The number of benzene rings is 2. The van der Waals surface area contributed by atoms with Crippen LogP contribution in [0.4, 0.5) is 5.69 Å². The third-order valence-corrected chi connectivity index (χ3v) is 5.25. The normalized spacial score (nSPS) is 24.7. The topological polar surface area (TPSA) is 29.1 Å². The van der Waals surface area contributed by atoms with E-state index in [1.807, 2.05) is 24.3 Å². The molecule has 2 aliphatic rings. The molecule has 0 unspecified atom stereocenters. The van der Waals surface area contributed by atoms with Crippen molar-refractivity contribution >= 4 is 23.1 Å². The van der Waals surface area contributed by atoms with Crippen LogP contribution in [-0.4, -0.2) is 5.78 Å². The molecule has 1 heterocycles. The maximum absolute atomic E-state index is 11.7. The second kappa shape index (κ2) is 5.54. The highest BCUT2D eigenvalue weighted by molar-refractivity contribution is 6.30. The first-order valence-electron chi connectivity index (χ1n) is 7.97. The summed E-state index contributed by atoms with van der Waals surface area (Å²) in [4.78, 5) is 11.7. The number of carbonyl (C=O) groups is 1. The molecule has 0 spiro atoms. The molecule has 116 valence electrons. The van der Waals surface area contributed by atoms with E-state index in [9.17, 15) is 4.79 Å². The van der Waals surface area contributed by atoms with Crippen LogP contribution >= 0.6 is 11.6 Å². The molecular weight excluding hydrogens is 306 g/mol. The van der Waals surface area contributed by atoms with E-state index >= 15 is 0 Å². The predicted octanol–water partition coefficient (Wildman–Crippen LogP) is 5.37. The summed E-state index contributed by atoms with van der Waals surface area (Å²) < 4.78 is 0. The van der Waals surface area contributed by atoms with Gasteiger partial charge >= 0.3 is 0 Å². The average molecular weight is 324 g/mol. The van der Waals surface area contributed by atoms with Gasteiger partial charge in [0, 0.05) is 22.2 Å². The van der Waals surface area contributed by atoms with Gasteiger partial charge in [0.2, 0.25) is 0 Å². The lowest BCUT2D eigenvalue weighted by molar-refractivity contribution is 0.101. The number of hydrogen-bond donors (Lipinski definition) is 1. The lowest BCUT2D eigenvalue weighted by Gasteiger charge is -2.37. The van der Waals surface area contributed by atoms with E-state index in [2.05, 4.69) is 35.7 Å². The number of hydrogen-bond acceptors (Lipinski definition) is 2. The molecule has 0 amide bonds. The van der Waals surface area contributed by atoms with Crippen LogP contribution in [0.3, 0.4) is 0 Å². The molecule has 0 fully saturated rings. The summed E-state index contributed by atoms with van der Waals surface area (Å²) >= 11 is 6.03. The number of rotatable bonds is 2. The number of allylic oxidation sites excluding steroid dienone is 2. The molecule has 3 heteroatoms. The third kappa shape index (κ3) is 2.47. The maximum atomic E-state index is 11.7. The van der Waals surface area contributed by atoms with E-state index in [0.717, 1.165) is 22.7 Å². The molecule has 0 radical (unpaired) electrons. The zero-order chi connectivity index (χ0) is 16.0. The molecule has 3 atom stereocenters. The second-order valence-corrected chi connectivity index (χ2v) is 6.82. The molecule has 1 aliphatic carbocycles. The van der Waals surface area contributed by atoms with Gasteiger partial charge in [0.05, 0.1) is 6.04 Å². The zero-order valence-electron chi connectivity index (χ0n) is 12.9. The van der Waals surface area contributed by atoms with Gasteiger partial charge < -0.3 is 5.32 Å². The van der Waals surface area contributed by atoms with Crippen molar-refractivity contribution in [3.8, 4) is 0 Å². The van der Waals surface area contributed by atoms with Crippen molar-refractivity contribution < 1.29 is 4.79 Å². The Morgan fingerprint density at radius 1 is 1.17 bits per heavy atom. The van der Waals surface area contributed by atoms with E-state index in [-0.39, 0.29) is 11.8 Å². The number of fused-ring (bicyclic) bond motifs is 3. The quantitative estimate of drug-likeness (QED) is 0.594. The van der Waals surface area contributed by atoms with Crippen LogP contribution in [0.5, 0.6) is 0 Å². The van der Waals surface area contributed by atoms with E-state index in [1.54, 1.807) is 6.92 Å². The predicted molar refractivity (Wildman–Crippen MR) is 94.3 cm³/mol. The number of nitrogens with one attached hydrogen (secondary N) is 1. The van der Waals surface area contributed by atoms with Gasteiger partial charge in [0.15, 0.2) is 5.78 Å². The Morgan fingerprint density at radius 2 is 1.96 bits per heavy atom. The monoisotopic (exact) mass is 323 g/mol. The van der Waals surface area contributed by atoms with Gasteiger partial charge in [-0.25, -0.2) is 0 Å². The lowest BCUT2D eigenvalue weighted by Crippen LogP contribution is -2.29. The molecular formula is C20H18ClNO. The Kier molecular flexibility index (Phi) is 3.50. The number of carbonyl (C=O) groups excluding carboxylic acids is 1. The van der Waals surface area contributed by atoms with Crippen LogP contribution in [0.25, 0.3) is 0 Å².